The molecule has 0 unspecified atom stereocenters. The van der Waals surface area contributed by atoms with Gasteiger partial charge in [-0.25, -0.2) is 8.78 Å². The van der Waals surface area contributed by atoms with E-state index in [-0.39, 0.29) is 16.5 Å². The number of nitrogens with two attached hydrogens (primary N) is 1. The average molecular weight is 390 g/mol. The highest BCUT2D eigenvalue weighted by molar-refractivity contribution is 14.1. The van der Waals surface area contributed by atoms with Crippen molar-refractivity contribution in [1.82, 2.24) is 0 Å². The molecule has 0 radical (unpaired) electrons. The van der Waals surface area contributed by atoms with Crippen molar-refractivity contribution in [1.29, 1.82) is 0 Å². The minimum atomic E-state index is -0.467. The Kier molecular flexibility index (Phi) is 4.31. The van der Waals surface area contributed by atoms with E-state index in [1.54, 1.807) is 18.2 Å². The van der Waals surface area contributed by atoms with Crippen LogP contribution in [0.15, 0.2) is 36.4 Å². The lowest BCUT2D eigenvalue weighted by Crippen LogP contribution is -2.10. The van der Waals surface area contributed by atoms with Gasteiger partial charge in [-0.2, -0.15) is 0 Å². The van der Waals surface area contributed by atoms with Crippen molar-refractivity contribution in [2.24, 2.45) is 5.73 Å². The van der Waals surface area contributed by atoms with Gasteiger partial charge >= 0.3 is 0 Å². The summed E-state index contributed by atoms with van der Waals surface area (Å²) in [5, 5.41) is 2.90. The van der Waals surface area contributed by atoms with Crippen LogP contribution < -0.4 is 11.1 Å². The molecule has 0 spiro atoms. The first-order valence-corrected chi connectivity index (χ1v) is 6.77. The Morgan fingerprint density at radius 2 is 1.79 bits per heavy atom. The van der Waals surface area contributed by atoms with E-state index in [4.69, 9.17) is 18.0 Å². The third-order valence-electron chi connectivity index (χ3n) is 2.45. The van der Waals surface area contributed by atoms with E-state index >= 15 is 0 Å². The van der Waals surface area contributed by atoms with Crippen molar-refractivity contribution in [2.75, 3.05) is 5.32 Å². The fourth-order valence-corrected chi connectivity index (χ4v) is 2.24. The van der Waals surface area contributed by atoms with Crippen LogP contribution in [0, 0.1) is 15.2 Å². The Morgan fingerprint density at radius 3 is 2.37 bits per heavy atom. The quantitative estimate of drug-likeness (QED) is 0.616. The molecule has 0 aromatic heterocycles. The molecular formula is C13H9F2IN2S. The van der Waals surface area contributed by atoms with Gasteiger partial charge in [-0.3, -0.25) is 0 Å². The van der Waals surface area contributed by atoms with Crippen LogP contribution in [-0.4, -0.2) is 4.99 Å². The molecule has 0 aliphatic carbocycles. The topological polar surface area (TPSA) is 38.0 Å². The van der Waals surface area contributed by atoms with Crippen LogP contribution in [0.2, 0.25) is 0 Å². The summed E-state index contributed by atoms with van der Waals surface area (Å²) < 4.78 is 27.5. The number of nitrogens with one attached hydrogen (secondary N) is 1. The van der Waals surface area contributed by atoms with Crippen LogP contribution in [0.3, 0.4) is 0 Å². The number of benzene rings is 2. The molecule has 0 saturated heterocycles. The van der Waals surface area contributed by atoms with Crippen molar-refractivity contribution in [3.8, 4) is 0 Å². The van der Waals surface area contributed by atoms with Gasteiger partial charge < -0.3 is 11.1 Å². The van der Waals surface area contributed by atoms with Gasteiger partial charge in [0, 0.05) is 9.13 Å². The van der Waals surface area contributed by atoms with Gasteiger partial charge in [0.25, 0.3) is 0 Å². The van der Waals surface area contributed by atoms with Crippen LogP contribution in [0.5, 0.6) is 0 Å². The Bertz CT molecular complexity index is 647. The highest BCUT2D eigenvalue weighted by Gasteiger charge is 2.07. The van der Waals surface area contributed by atoms with Crippen LogP contribution in [0.1, 0.15) is 5.56 Å². The molecule has 0 heterocycles. The van der Waals surface area contributed by atoms with Crippen LogP contribution in [0.4, 0.5) is 20.2 Å². The second-order valence-corrected chi connectivity index (χ2v) is 5.41. The summed E-state index contributed by atoms with van der Waals surface area (Å²) in [7, 11) is 0. The number of anilines is 2. The predicted molar refractivity (Wildman–Crippen MR) is 84.7 cm³/mol. The van der Waals surface area contributed by atoms with Crippen molar-refractivity contribution >= 4 is 51.2 Å². The van der Waals surface area contributed by atoms with E-state index in [0.717, 1.165) is 0 Å². The van der Waals surface area contributed by atoms with Crippen molar-refractivity contribution < 1.29 is 8.78 Å². The summed E-state index contributed by atoms with van der Waals surface area (Å²) in [6.07, 6.45) is 0. The third kappa shape index (κ3) is 3.38. The maximum Gasteiger partial charge on any atom is 0.147 e. The minimum absolute atomic E-state index is 0.141. The van der Waals surface area contributed by atoms with Crippen molar-refractivity contribution in [3.63, 3.8) is 0 Å². The summed E-state index contributed by atoms with van der Waals surface area (Å²) in [6.45, 7) is 0. The number of rotatable bonds is 3. The second-order valence-electron chi connectivity index (χ2n) is 3.81. The van der Waals surface area contributed by atoms with Gasteiger partial charge in [-0.15, -0.1) is 0 Å². The highest BCUT2D eigenvalue weighted by atomic mass is 127. The second kappa shape index (κ2) is 5.79. The fourth-order valence-electron chi connectivity index (χ4n) is 1.51. The molecule has 0 bridgehead atoms. The summed E-state index contributed by atoms with van der Waals surface area (Å²) in [5.74, 6) is -0.801. The normalized spacial score (nSPS) is 10.3. The molecule has 19 heavy (non-hydrogen) atoms. The van der Waals surface area contributed by atoms with Gasteiger partial charge in [0.05, 0.1) is 11.4 Å². The maximum absolute atomic E-state index is 13.9. The van der Waals surface area contributed by atoms with Gasteiger partial charge in [0.15, 0.2) is 0 Å². The molecule has 0 fully saturated rings. The lowest BCUT2D eigenvalue weighted by molar-refractivity contribution is 0.627. The van der Waals surface area contributed by atoms with E-state index < -0.39 is 5.82 Å². The highest BCUT2D eigenvalue weighted by Crippen LogP contribution is 2.25. The number of hydrogen-bond acceptors (Lipinski definition) is 2. The smallest absolute Gasteiger partial charge is 0.147 e. The fraction of sp³-hybridized carbons (Fsp3) is 0. The largest absolute Gasteiger partial charge is 0.389 e. The Hall–Kier alpha value is -1.28. The Labute approximate surface area is 128 Å². The molecule has 98 valence electrons. The van der Waals surface area contributed by atoms with Gasteiger partial charge in [0.1, 0.15) is 16.6 Å². The van der Waals surface area contributed by atoms with E-state index in [2.05, 4.69) is 5.32 Å². The summed E-state index contributed by atoms with van der Waals surface area (Å²) in [6, 6.07) is 8.67. The first-order valence-electron chi connectivity index (χ1n) is 5.29. The SMILES string of the molecule is NC(=S)c1ccc(Nc2ccc(F)cc2I)c(F)c1. The molecular weight excluding hydrogens is 381 g/mol. The van der Waals surface area contributed by atoms with E-state index in [1.165, 1.54) is 18.2 Å². The molecule has 2 aromatic carbocycles. The molecule has 0 aliphatic rings. The molecule has 0 aliphatic heterocycles. The van der Waals surface area contributed by atoms with Gasteiger partial charge in [-0.1, -0.05) is 12.2 Å². The third-order valence-corrected chi connectivity index (χ3v) is 3.58. The Morgan fingerprint density at radius 1 is 1.11 bits per heavy atom. The molecule has 0 atom stereocenters. The van der Waals surface area contributed by atoms with Gasteiger partial charge in [-0.05, 0) is 59.0 Å². The zero-order chi connectivity index (χ0) is 14.0. The number of thiocarbonyl (C=S) groups is 1. The molecule has 2 rings (SSSR count). The minimum Gasteiger partial charge on any atom is -0.389 e. The zero-order valence-corrected chi connectivity index (χ0v) is 12.6. The summed E-state index contributed by atoms with van der Waals surface area (Å²) >= 11 is 6.75. The summed E-state index contributed by atoms with van der Waals surface area (Å²) in [5.41, 5.74) is 6.80. The van der Waals surface area contributed by atoms with Crippen LogP contribution in [-0.2, 0) is 0 Å². The summed E-state index contributed by atoms with van der Waals surface area (Å²) in [4.78, 5) is 0.141. The average Bonchev–Trinajstić information content (AvgIpc) is 2.34. The first-order chi connectivity index (χ1) is 8.97. The van der Waals surface area contributed by atoms with Crippen molar-refractivity contribution in [3.05, 3.63) is 57.2 Å². The molecule has 2 nitrogen and oxygen atoms in total. The molecule has 6 heteroatoms. The monoisotopic (exact) mass is 390 g/mol. The van der Waals surface area contributed by atoms with E-state index in [0.29, 0.717) is 14.8 Å². The van der Waals surface area contributed by atoms with E-state index in [1.807, 2.05) is 22.6 Å². The lowest BCUT2D eigenvalue weighted by Gasteiger charge is -2.10. The molecule has 0 saturated carbocycles. The van der Waals surface area contributed by atoms with Gasteiger partial charge in [0.2, 0.25) is 0 Å². The number of halogens is 3. The van der Waals surface area contributed by atoms with E-state index in [9.17, 15) is 8.78 Å². The number of hydrogen-bond donors (Lipinski definition) is 2. The molecule has 2 aromatic rings. The first kappa shape index (κ1) is 14.1. The zero-order valence-electron chi connectivity index (χ0n) is 9.58. The lowest BCUT2D eigenvalue weighted by atomic mass is 10.2. The van der Waals surface area contributed by atoms with Crippen LogP contribution >= 0.6 is 34.8 Å². The standard InChI is InChI=1S/C13H9F2IN2S/c14-8-2-4-12(10(16)6-8)18-11-3-1-7(13(17)19)5-9(11)15/h1-6,18H,(H2,17,19). The van der Waals surface area contributed by atoms with Crippen molar-refractivity contribution in [2.45, 2.75) is 0 Å². The molecule has 3 N–H and O–H groups in total. The van der Waals surface area contributed by atoms with Crippen LogP contribution in [0.25, 0.3) is 0 Å². The predicted octanol–water partition coefficient (Wildman–Crippen LogP) is 3.95. The molecule has 0 amide bonds. The maximum atomic E-state index is 13.9. The Balaban J connectivity index is 2.31.